The Morgan fingerprint density at radius 1 is 0.333 bits per heavy atom. The maximum absolute atomic E-state index is 7.26. The molecule has 1 aromatic heterocycles. The number of fused-ring (bicyclic) bond motifs is 1. The lowest BCUT2D eigenvalue weighted by Gasteiger charge is -2.26. The Morgan fingerprint density at radius 3 is 1.22 bits per heavy atom. The molecule has 1 heterocycles. The molecule has 9 aromatic carbocycles. The summed E-state index contributed by atoms with van der Waals surface area (Å²) in [7, 11) is 0. The summed E-state index contributed by atoms with van der Waals surface area (Å²) in [5.41, 5.74) is 19.9. The van der Waals surface area contributed by atoms with Crippen LogP contribution in [0, 0.1) is 0 Å². The fraction of sp³-hybridized carbons (Fsp3) is 0. The van der Waals surface area contributed by atoms with Crippen LogP contribution in [0.2, 0.25) is 0 Å². The summed E-state index contributed by atoms with van der Waals surface area (Å²) in [5.74, 6) is 1.03. The molecule has 0 radical (unpaired) electrons. The Labute approximate surface area is 366 Å². The van der Waals surface area contributed by atoms with Gasteiger partial charge < -0.3 is 15.5 Å². The fourth-order valence-electron chi connectivity index (χ4n) is 7.93. The van der Waals surface area contributed by atoms with E-state index in [2.05, 4.69) is 168 Å². The quantitative estimate of drug-likeness (QED) is 0.104. The van der Waals surface area contributed by atoms with Gasteiger partial charge in [0.25, 0.3) is 0 Å². The van der Waals surface area contributed by atoms with Gasteiger partial charge in [-0.3, -0.25) is 0 Å². The van der Waals surface area contributed by atoms with Gasteiger partial charge in [0.15, 0.2) is 11.6 Å². The summed E-state index contributed by atoms with van der Waals surface area (Å²) in [6.45, 7) is 0. The van der Waals surface area contributed by atoms with Gasteiger partial charge in [0.1, 0.15) is 5.69 Å². The number of para-hydroxylation sites is 5. The maximum atomic E-state index is 7.26. The molecule has 0 fully saturated rings. The van der Waals surface area contributed by atoms with Crippen LogP contribution in [0.15, 0.2) is 247 Å². The first-order valence-corrected chi connectivity index (χ1v) is 20.9. The molecule has 0 amide bonds. The van der Waals surface area contributed by atoms with Crippen LogP contribution in [-0.2, 0) is 0 Å². The molecule has 0 saturated carbocycles. The van der Waals surface area contributed by atoms with E-state index >= 15 is 0 Å². The third-order valence-electron chi connectivity index (χ3n) is 11.0. The first kappa shape index (κ1) is 38.5. The van der Waals surface area contributed by atoms with E-state index in [1.54, 1.807) is 0 Å². The van der Waals surface area contributed by atoms with Gasteiger partial charge >= 0.3 is 0 Å². The topological polar surface area (TPSA) is 83.0 Å². The molecule has 7 nitrogen and oxygen atoms in total. The van der Waals surface area contributed by atoms with Crippen molar-refractivity contribution in [3.63, 3.8) is 0 Å². The monoisotopic (exact) mass is 811 g/mol. The van der Waals surface area contributed by atoms with Crippen molar-refractivity contribution in [3.8, 4) is 33.6 Å². The first-order chi connectivity index (χ1) is 31.2. The van der Waals surface area contributed by atoms with Gasteiger partial charge in [-0.2, -0.15) is 0 Å². The number of rotatable bonds is 11. The van der Waals surface area contributed by atoms with Crippen molar-refractivity contribution >= 4 is 62.2 Å². The molecule has 300 valence electrons. The Balaban J connectivity index is 1.08. The minimum absolute atomic E-state index is 0.457. The second kappa shape index (κ2) is 17.5. The molecule has 7 heteroatoms. The zero-order chi connectivity index (χ0) is 42.4. The van der Waals surface area contributed by atoms with Crippen LogP contribution in [0.5, 0.6) is 0 Å². The van der Waals surface area contributed by atoms with Crippen LogP contribution >= 0.6 is 0 Å². The van der Waals surface area contributed by atoms with Crippen molar-refractivity contribution in [2.75, 3.05) is 15.5 Å². The van der Waals surface area contributed by atoms with E-state index in [9.17, 15) is 0 Å². The van der Waals surface area contributed by atoms with Crippen molar-refractivity contribution in [2.45, 2.75) is 0 Å². The second-order valence-electron chi connectivity index (χ2n) is 15.0. The fourth-order valence-corrected chi connectivity index (χ4v) is 7.93. The van der Waals surface area contributed by atoms with Gasteiger partial charge in [0.05, 0.1) is 11.2 Å². The summed E-state index contributed by atoms with van der Waals surface area (Å²) < 4.78 is 0. The molecule has 63 heavy (non-hydrogen) atoms. The average molecular weight is 812 g/mol. The normalized spacial score (nSPS) is 11.2. The van der Waals surface area contributed by atoms with Crippen molar-refractivity contribution < 1.29 is 0 Å². The van der Waals surface area contributed by atoms with Crippen LogP contribution in [0.3, 0.4) is 0 Å². The number of nitrogens with zero attached hydrogens (tertiary/aromatic N) is 6. The van der Waals surface area contributed by atoms with E-state index in [1.165, 1.54) is 0 Å². The van der Waals surface area contributed by atoms with Crippen LogP contribution < -0.4 is 15.5 Å². The highest BCUT2D eigenvalue weighted by molar-refractivity contribution is 5.95. The van der Waals surface area contributed by atoms with Gasteiger partial charge in [0, 0.05) is 56.2 Å². The average Bonchev–Trinajstić information content (AvgIpc) is 3.36. The first-order valence-electron chi connectivity index (χ1n) is 20.9. The molecule has 0 atom stereocenters. The molecule has 10 aromatic rings. The van der Waals surface area contributed by atoms with Crippen LogP contribution in [0.25, 0.3) is 44.5 Å². The Kier molecular flexibility index (Phi) is 10.7. The molecule has 0 saturated heterocycles. The number of nitrogens with two attached hydrogens (primary N) is 1. The summed E-state index contributed by atoms with van der Waals surface area (Å²) in [5, 5.41) is 10.7. The zero-order valence-electron chi connectivity index (χ0n) is 34.3. The van der Waals surface area contributed by atoms with E-state index in [0.29, 0.717) is 23.0 Å². The van der Waals surface area contributed by atoms with E-state index < -0.39 is 0 Å². The third-order valence-corrected chi connectivity index (χ3v) is 11.0. The van der Waals surface area contributed by atoms with Gasteiger partial charge in [-0.05, 0) is 96.1 Å². The SMILES string of the molecule is Nc1c(-c2ccc(N(c3ccccc3)c3ccccc3)cc2)ccc(-c2ccc(N(c3ccccc3)c3ccccc3)cc2)c1N=Nc1nc(-c2ccccc2)nc2ccccc12. The standard InChI is InChI=1S/C56H41N7/c57-53-49(40-30-34-47(35-31-40)62(43-20-8-2-9-21-43)44-22-10-3-11-23-44)38-39-50(41-32-36-48(37-33-41)63(45-24-12-4-13-25-45)46-26-14-5-15-27-46)54(53)60-61-56-51-28-16-17-29-52(51)58-55(59-56)42-18-6-1-7-19-42/h1-39H,57H2. The van der Waals surface area contributed by atoms with Crippen molar-refractivity contribution in [3.05, 3.63) is 237 Å². The number of hydrogen-bond acceptors (Lipinski definition) is 7. The lowest BCUT2D eigenvalue weighted by atomic mass is 9.95. The summed E-state index contributed by atoms with van der Waals surface area (Å²) in [6.07, 6.45) is 0. The molecule has 0 bridgehead atoms. The third kappa shape index (κ3) is 8.02. The Morgan fingerprint density at radius 2 is 0.730 bits per heavy atom. The minimum atomic E-state index is 0.457. The molecule has 0 unspecified atom stereocenters. The predicted octanol–water partition coefficient (Wildman–Crippen LogP) is 15.6. The lowest BCUT2D eigenvalue weighted by Crippen LogP contribution is -2.09. The number of aromatic nitrogens is 2. The van der Waals surface area contributed by atoms with E-state index in [4.69, 9.17) is 25.9 Å². The van der Waals surface area contributed by atoms with Crippen LogP contribution in [0.4, 0.5) is 51.3 Å². The number of anilines is 7. The predicted molar refractivity (Wildman–Crippen MR) is 260 cm³/mol. The Hall–Kier alpha value is -8.68. The van der Waals surface area contributed by atoms with Gasteiger partial charge in [-0.25, -0.2) is 9.97 Å². The molecule has 10 rings (SSSR count). The second-order valence-corrected chi connectivity index (χ2v) is 15.0. The molecule has 0 aliphatic rings. The Bertz CT molecular complexity index is 3060. The molecule has 0 spiro atoms. The number of benzene rings is 9. The van der Waals surface area contributed by atoms with Crippen molar-refractivity contribution in [2.24, 2.45) is 10.2 Å². The molecule has 2 N–H and O–H groups in total. The van der Waals surface area contributed by atoms with E-state index in [1.807, 2.05) is 78.9 Å². The maximum Gasteiger partial charge on any atom is 0.185 e. The number of hydrogen-bond donors (Lipinski definition) is 1. The highest BCUT2D eigenvalue weighted by atomic mass is 15.2. The highest BCUT2D eigenvalue weighted by Crippen LogP contribution is 2.45. The molecule has 0 aliphatic carbocycles. The zero-order valence-corrected chi connectivity index (χ0v) is 34.3. The van der Waals surface area contributed by atoms with E-state index in [-0.39, 0.29) is 0 Å². The number of azo groups is 1. The van der Waals surface area contributed by atoms with Crippen LogP contribution in [-0.4, -0.2) is 9.97 Å². The highest BCUT2D eigenvalue weighted by Gasteiger charge is 2.19. The van der Waals surface area contributed by atoms with Crippen molar-refractivity contribution in [1.82, 2.24) is 9.97 Å². The summed E-state index contributed by atoms with van der Waals surface area (Å²) in [4.78, 5) is 14.3. The summed E-state index contributed by atoms with van der Waals surface area (Å²) >= 11 is 0. The summed E-state index contributed by atoms with van der Waals surface area (Å²) in [6, 6.07) is 80.5. The lowest BCUT2D eigenvalue weighted by molar-refractivity contribution is 1.14. The number of nitrogen functional groups attached to an aromatic ring is 1. The van der Waals surface area contributed by atoms with Gasteiger partial charge in [-0.15, -0.1) is 10.2 Å². The molecule has 0 aliphatic heterocycles. The van der Waals surface area contributed by atoms with Crippen molar-refractivity contribution in [1.29, 1.82) is 0 Å². The largest absolute Gasteiger partial charge is 0.396 e. The van der Waals surface area contributed by atoms with Crippen LogP contribution in [0.1, 0.15) is 0 Å². The van der Waals surface area contributed by atoms with Gasteiger partial charge in [-0.1, -0.05) is 152 Å². The molecular weight excluding hydrogens is 771 g/mol. The smallest absolute Gasteiger partial charge is 0.185 e. The minimum Gasteiger partial charge on any atom is -0.396 e. The molecular formula is C56H41N7. The van der Waals surface area contributed by atoms with E-state index in [0.717, 1.165) is 72.8 Å². The van der Waals surface area contributed by atoms with Gasteiger partial charge in [0.2, 0.25) is 0 Å².